The molecule has 1 amide bonds. The van der Waals surface area contributed by atoms with Crippen LogP contribution in [0, 0.1) is 0 Å². The second-order valence-electron chi connectivity index (χ2n) is 2.87. The average molecular weight is 216 g/mol. The van der Waals surface area contributed by atoms with Crippen LogP contribution in [-0.4, -0.2) is 25.8 Å². The van der Waals surface area contributed by atoms with Crippen LogP contribution in [-0.2, 0) is 0 Å². The Bertz CT molecular complexity index is 500. The van der Waals surface area contributed by atoms with E-state index in [0.29, 0.717) is 5.82 Å². The zero-order chi connectivity index (χ0) is 11.4. The summed E-state index contributed by atoms with van der Waals surface area (Å²) in [4.78, 5) is 26.9. The van der Waals surface area contributed by atoms with Crippen LogP contribution in [0.15, 0.2) is 31.0 Å². The molecule has 16 heavy (non-hydrogen) atoms. The molecule has 0 saturated heterocycles. The van der Waals surface area contributed by atoms with Crippen molar-refractivity contribution in [2.24, 2.45) is 0 Å². The smallest absolute Gasteiger partial charge is 0.277 e. The molecule has 0 spiro atoms. The number of nitrogen functional groups attached to an aromatic ring is 1. The van der Waals surface area contributed by atoms with Gasteiger partial charge >= 0.3 is 0 Å². The van der Waals surface area contributed by atoms with Crippen molar-refractivity contribution in [2.75, 3.05) is 11.1 Å². The predicted molar refractivity (Wildman–Crippen MR) is 56.4 cm³/mol. The Kier molecular flexibility index (Phi) is 2.68. The Morgan fingerprint density at radius 3 is 2.75 bits per heavy atom. The lowest BCUT2D eigenvalue weighted by atomic mass is 10.4. The van der Waals surface area contributed by atoms with Gasteiger partial charge in [-0.1, -0.05) is 0 Å². The minimum absolute atomic E-state index is 0.130. The van der Waals surface area contributed by atoms with Gasteiger partial charge in [0.25, 0.3) is 5.91 Å². The van der Waals surface area contributed by atoms with Crippen LogP contribution in [0.25, 0.3) is 0 Å². The van der Waals surface area contributed by atoms with E-state index in [2.05, 4.69) is 25.3 Å². The molecule has 3 N–H and O–H groups in total. The Labute approximate surface area is 90.8 Å². The number of amides is 1. The molecule has 2 rings (SSSR count). The molecule has 2 heterocycles. The number of aromatic nitrogens is 4. The molecule has 2 aromatic heterocycles. The van der Waals surface area contributed by atoms with E-state index in [9.17, 15) is 4.79 Å². The maximum absolute atomic E-state index is 11.6. The SMILES string of the molecule is Nc1cncc(C(=O)Nc2cnccn2)n1. The molecule has 0 bridgehead atoms. The van der Waals surface area contributed by atoms with Gasteiger partial charge in [-0.05, 0) is 0 Å². The normalized spacial score (nSPS) is 9.75. The van der Waals surface area contributed by atoms with Gasteiger partial charge < -0.3 is 11.1 Å². The predicted octanol–water partition coefficient (Wildman–Crippen LogP) is 0.101. The summed E-state index contributed by atoms with van der Waals surface area (Å²) in [7, 11) is 0. The number of carbonyl (C=O) groups excluding carboxylic acids is 1. The first-order valence-corrected chi connectivity index (χ1v) is 4.40. The maximum Gasteiger partial charge on any atom is 0.277 e. The van der Waals surface area contributed by atoms with Gasteiger partial charge in [-0.3, -0.25) is 14.8 Å². The third-order valence-electron chi connectivity index (χ3n) is 1.69. The number of nitrogens with two attached hydrogens (primary N) is 1. The topological polar surface area (TPSA) is 107 Å². The van der Waals surface area contributed by atoms with Crippen molar-refractivity contribution in [1.82, 2.24) is 19.9 Å². The molecule has 0 aromatic carbocycles. The highest BCUT2D eigenvalue weighted by Gasteiger charge is 2.08. The molecule has 0 unspecified atom stereocenters. The van der Waals surface area contributed by atoms with Crippen molar-refractivity contribution in [1.29, 1.82) is 0 Å². The molecule has 0 fully saturated rings. The van der Waals surface area contributed by atoms with E-state index in [1.165, 1.54) is 31.0 Å². The number of carbonyl (C=O) groups is 1. The number of nitrogens with zero attached hydrogens (tertiary/aromatic N) is 4. The Balaban J connectivity index is 2.15. The minimum Gasteiger partial charge on any atom is -0.382 e. The van der Waals surface area contributed by atoms with Gasteiger partial charge in [0.15, 0.2) is 5.82 Å². The standard InChI is InChI=1S/C9H8N6O/c10-7-4-12-3-6(14-7)9(16)15-8-5-11-1-2-13-8/h1-5H,(H2,10,14)(H,13,15,16). The third kappa shape index (κ3) is 2.27. The molecule has 0 aliphatic carbocycles. The largest absolute Gasteiger partial charge is 0.382 e. The quantitative estimate of drug-likeness (QED) is 0.737. The first kappa shape index (κ1) is 9.97. The second kappa shape index (κ2) is 4.30. The van der Waals surface area contributed by atoms with Crippen LogP contribution in [0.4, 0.5) is 11.6 Å². The summed E-state index contributed by atoms with van der Waals surface area (Å²) in [5, 5.41) is 2.51. The number of hydrogen-bond acceptors (Lipinski definition) is 6. The highest BCUT2D eigenvalue weighted by atomic mass is 16.1. The van der Waals surface area contributed by atoms with E-state index in [1.54, 1.807) is 0 Å². The summed E-state index contributed by atoms with van der Waals surface area (Å²) in [5.41, 5.74) is 5.54. The van der Waals surface area contributed by atoms with Gasteiger partial charge in [0.1, 0.15) is 11.5 Å². The fraction of sp³-hybridized carbons (Fsp3) is 0. The van der Waals surface area contributed by atoms with Gasteiger partial charge in [-0.15, -0.1) is 0 Å². The van der Waals surface area contributed by atoms with Crippen LogP contribution in [0.1, 0.15) is 10.5 Å². The van der Waals surface area contributed by atoms with E-state index < -0.39 is 5.91 Å². The first-order chi connectivity index (χ1) is 7.75. The van der Waals surface area contributed by atoms with Crippen molar-refractivity contribution in [3.63, 3.8) is 0 Å². The minimum atomic E-state index is -0.430. The van der Waals surface area contributed by atoms with Crippen LogP contribution in [0.5, 0.6) is 0 Å². The summed E-state index contributed by atoms with van der Waals surface area (Å²) >= 11 is 0. The summed E-state index contributed by atoms with van der Waals surface area (Å²) in [6.45, 7) is 0. The molecule has 0 atom stereocenters. The monoisotopic (exact) mass is 216 g/mol. The summed E-state index contributed by atoms with van der Waals surface area (Å²) < 4.78 is 0. The lowest BCUT2D eigenvalue weighted by Gasteiger charge is -2.02. The zero-order valence-corrected chi connectivity index (χ0v) is 8.16. The Morgan fingerprint density at radius 1 is 1.19 bits per heavy atom. The number of hydrogen-bond donors (Lipinski definition) is 2. The van der Waals surface area contributed by atoms with Gasteiger partial charge in [0.2, 0.25) is 0 Å². The van der Waals surface area contributed by atoms with E-state index in [4.69, 9.17) is 5.73 Å². The first-order valence-electron chi connectivity index (χ1n) is 4.40. The van der Waals surface area contributed by atoms with Crippen LogP contribution < -0.4 is 11.1 Å². The maximum atomic E-state index is 11.6. The number of anilines is 2. The molecule has 0 saturated carbocycles. The molecule has 2 aromatic rings. The number of nitrogens with one attached hydrogen (secondary N) is 1. The fourth-order valence-electron chi connectivity index (χ4n) is 1.03. The van der Waals surface area contributed by atoms with Crippen molar-refractivity contribution in [3.05, 3.63) is 36.7 Å². The molecular formula is C9H8N6O. The highest BCUT2D eigenvalue weighted by molar-refractivity contribution is 6.02. The van der Waals surface area contributed by atoms with Crippen molar-refractivity contribution in [2.45, 2.75) is 0 Å². The molecule has 7 nitrogen and oxygen atoms in total. The van der Waals surface area contributed by atoms with Crippen LogP contribution in [0.3, 0.4) is 0 Å². The van der Waals surface area contributed by atoms with Gasteiger partial charge in [0.05, 0.1) is 18.6 Å². The van der Waals surface area contributed by atoms with E-state index in [-0.39, 0.29) is 11.5 Å². The Hall–Kier alpha value is -2.57. The van der Waals surface area contributed by atoms with Crippen molar-refractivity contribution >= 4 is 17.5 Å². The molecule has 0 aliphatic heterocycles. The molecule has 0 radical (unpaired) electrons. The molecule has 7 heteroatoms. The molecular weight excluding hydrogens is 208 g/mol. The van der Waals surface area contributed by atoms with Crippen molar-refractivity contribution in [3.8, 4) is 0 Å². The highest BCUT2D eigenvalue weighted by Crippen LogP contribution is 2.02. The molecule has 0 aliphatic rings. The third-order valence-corrected chi connectivity index (χ3v) is 1.69. The van der Waals surface area contributed by atoms with Crippen molar-refractivity contribution < 1.29 is 4.79 Å². The van der Waals surface area contributed by atoms with Gasteiger partial charge in [-0.2, -0.15) is 0 Å². The number of rotatable bonds is 2. The van der Waals surface area contributed by atoms with Crippen LogP contribution >= 0.6 is 0 Å². The summed E-state index contributed by atoms with van der Waals surface area (Å²) in [5.74, 6) is 0.101. The van der Waals surface area contributed by atoms with Gasteiger partial charge in [-0.25, -0.2) is 9.97 Å². The summed E-state index contributed by atoms with van der Waals surface area (Å²) in [6, 6.07) is 0. The van der Waals surface area contributed by atoms with E-state index >= 15 is 0 Å². The van der Waals surface area contributed by atoms with Gasteiger partial charge in [0, 0.05) is 12.4 Å². The average Bonchev–Trinajstić information content (AvgIpc) is 2.30. The van der Waals surface area contributed by atoms with E-state index in [1.807, 2.05) is 0 Å². The Morgan fingerprint density at radius 2 is 2.06 bits per heavy atom. The fourth-order valence-corrected chi connectivity index (χ4v) is 1.03. The lowest BCUT2D eigenvalue weighted by molar-refractivity contribution is 0.102. The van der Waals surface area contributed by atoms with E-state index in [0.717, 1.165) is 0 Å². The molecule has 80 valence electrons. The lowest BCUT2D eigenvalue weighted by Crippen LogP contribution is -2.15. The zero-order valence-electron chi connectivity index (χ0n) is 8.16. The second-order valence-corrected chi connectivity index (χ2v) is 2.87. The van der Waals surface area contributed by atoms with Crippen LogP contribution in [0.2, 0.25) is 0 Å². The summed E-state index contributed by atoms with van der Waals surface area (Å²) in [6.07, 6.45) is 7.09.